The molecule has 1 saturated heterocycles. The fourth-order valence-corrected chi connectivity index (χ4v) is 2.33. The van der Waals surface area contributed by atoms with Gasteiger partial charge in [-0.3, -0.25) is 9.59 Å². The van der Waals surface area contributed by atoms with Crippen molar-refractivity contribution in [3.8, 4) is 0 Å². The number of nitrogens with one attached hydrogen (secondary N) is 1. The summed E-state index contributed by atoms with van der Waals surface area (Å²) in [4.78, 5) is 22.7. The number of hydrogen-bond donors (Lipinski definition) is 1. The molecule has 6 nitrogen and oxygen atoms in total. The Morgan fingerprint density at radius 3 is 2.17 bits per heavy atom. The quantitative estimate of drug-likeness (QED) is 0.427. The Morgan fingerprint density at radius 2 is 1.83 bits per heavy atom. The van der Waals surface area contributed by atoms with Gasteiger partial charge in [0, 0.05) is 27.1 Å². The second kappa shape index (κ2) is 6.15. The smallest absolute Gasteiger partial charge is 0.304 e. The number of ether oxygens (including phenoxy) is 3. The van der Waals surface area contributed by atoms with Crippen molar-refractivity contribution in [2.75, 3.05) is 14.2 Å². The van der Waals surface area contributed by atoms with Crippen LogP contribution in [0.25, 0.3) is 0 Å². The number of rotatable bonds is 6. The van der Waals surface area contributed by atoms with Crippen molar-refractivity contribution < 1.29 is 23.8 Å². The fourth-order valence-electron chi connectivity index (χ4n) is 2.33. The van der Waals surface area contributed by atoms with Gasteiger partial charge < -0.3 is 19.5 Å². The highest BCUT2D eigenvalue weighted by Crippen LogP contribution is 2.34. The molecule has 1 rings (SSSR count). The zero-order valence-electron chi connectivity index (χ0n) is 11.4. The van der Waals surface area contributed by atoms with Crippen LogP contribution in [0.1, 0.15) is 20.8 Å². The molecular formula is C12H21NO5. The Labute approximate surface area is 107 Å². The van der Waals surface area contributed by atoms with E-state index in [1.165, 1.54) is 21.1 Å². The van der Waals surface area contributed by atoms with Gasteiger partial charge in [-0.05, 0) is 5.92 Å². The summed E-state index contributed by atoms with van der Waals surface area (Å²) in [6.07, 6.45) is -1.09. The summed E-state index contributed by atoms with van der Waals surface area (Å²) in [5, 5.41) is 2.57. The third-order valence-electron chi connectivity index (χ3n) is 3.17. The molecule has 1 aliphatic rings. The van der Waals surface area contributed by atoms with Crippen LogP contribution < -0.4 is 5.32 Å². The minimum Gasteiger partial charge on any atom is -0.441 e. The molecule has 104 valence electrons. The monoisotopic (exact) mass is 259 g/mol. The van der Waals surface area contributed by atoms with E-state index < -0.39 is 24.4 Å². The molecule has 1 unspecified atom stereocenters. The number of β-lactam (4-membered cyclic amide) rings is 1. The van der Waals surface area contributed by atoms with Crippen molar-refractivity contribution >= 4 is 11.9 Å². The van der Waals surface area contributed by atoms with Crippen molar-refractivity contribution in [1.82, 2.24) is 5.32 Å². The Hall–Kier alpha value is -1.14. The highest BCUT2D eigenvalue weighted by Gasteiger charge is 2.50. The minimum absolute atomic E-state index is 0.140. The average molecular weight is 259 g/mol. The summed E-state index contributed by atoms with van der Waals surface area (Å²) < 4.78 is 15.5. The first kappa shape index (κ1) is 14.9. The second-order valence-corrected chi connectivity index (χ2v) is 4.73. The molecule has 1 N–H and O–H groups in total. The molecular weight excluding hydrogens is 238 g/mol. The number of hydrogen-bond acceptors (Lipinski definition) is 5. The number of methoxy groups -OCH3 is 2. The zero-order chi connectivity index (χ0) is 13.9. The SMILES string of the molecule is COC(OC)[C@H](C(C)C)[C@H]1C(=O)NC1OC(C)=O. The molecule has 0 aliphatic carbocycles. The highest BCUT2D eigenvalue weighted by molar-refractivity contribution is 5.86. The predicted molar refractivity (Wildman–Crippen MR) is 63.3 cm³/mol. The van der Waals surface area contributed by atoms with E-state index in [1.807, 2.05) is 13.8 Å². The van der Waals surface area contributed by atoms with Gasteiger partial charge in [-0.1, -0.05) is 13.8 Å². The highest BCUT2D eigenvalue weighted by atomic mass is 16.7. The van der Waals surface area contributed by atoms with E-state index in [0.717, 1.165) is 0 Å². The van der Waals surface area contributed by atoms with Crippen LogP contribution in [0.4, 0.5) is 0 Å². The Bertz CT molecular complexity index is 314. The normalized spacial score (nSPS) is 24.7. The molecule has 6 heteroatoms. The lowest BCUT2D eigenvalue weighted by atomic mass is 9.77. The maximum absolute atomic E-state index is 11.7. The third-order valence-corrected chi connectivity index (χ3v) is 3.17. The Kier molecular flexibility index (Phi) is 5.10. The largest absolute Gasteiger partial charge is 0.441 e. The lowest BCUT2D eigenvalue weighted by Crippen LogP contribution is -2.64. The summed E-state index contributed by atoms with van der Waals surface area (Å²) in [6, 6.07) is 0. The van der Waals surface area contributed by atoms with Crippen molar-refractivity contribution in [3.05, 3.63) is 0 Å². The van der Waals surface area contributed by atoms with E-state index in [1.54, 1.807) is 0 Å². The molecule has 1 aliphatic heterocycles. The Balaban J connectivity index is 2.83. The maximum Gasteiger partial charge on any atom is 0.304 e. The van der Waals surface area contributed by atoms with E-state index >= 15 is 0 Å². The Morgan fingerprint density at radius 1 is 1.28 bits per heavy atom. The molecule has 1 fully saturated rings. The average Bonchev–Trinajstić information content (AvgIpc) is 2.27. The van der Waals surface area contributed by atoms with Gasteiger partial charge in [-0.15, -0.1) is 0 Å². The lowest BCUT2D eigenvalue weighted by Gasteiger charge is -2.43. The first-order chi connectivity index (χ1) is 8.42. The van der Waals surface area contributed by atoms with E-state index in [4.69, 9.17) is 14.2 Å². The molecule has 0 aromatic heterocycles. The van der Waals surface area contributed by atoms with Crippen LogP contribution in [-0.2, 0) is 23.8 Å². The van der Waals surface area contributed by atoms with Crippen LogP contribution in [-0.4, -0.2) is 38.6 Å². The number of amides is 1. The lowest BCUT2D eigenvalue weighted by molar-refractivity contribution is -0.201. The van der Waals surface area contributed by atoms with Crippen LogP contribution in [0, 0.1) is 17.8 Å². The third kappa shape index (κ3) is 3.00. The molecule has 0 saturated carbocycles. The number of esters is 1. The van der Waals surface area contributed by atoms with Crippen LogP contribution >= 0.6 is 0 Å². The van der Waals surface area contributed by atoms with Gasteiger partial charge >= 0.3 is 5.97 Å². The zero-order valence-corrected chi connectivity index (χ0v) is 11.4. The van der Waals surface area contributed by atoms with Crippen molar-refractivity contribution in [3.63, 3.8) is 0 Å². The maximum atomic E-state index is 11.7. The van der Waals surface area contributed by atoms with Crippen molar-refractivity contribution in [1.29, 1.82) is 0 Å². The molecule has 0 spiro atoms. The van der Waals surface area contributed by atoms with Gasteiger partial charge in [0.25, 0.3) is 0 Å². The molecule has 0 radical (unpaired) electrons. The van der Waals surface area contributed by atoms with E-state index in [-0.39, 0.29) is 17.7 Å². The van der Waals surface area contributed by atoms with E-state index in [9.17, 15) is 9.59 Å². The summed E-state index contributed by atoms with van der Waals surface area (Å²) in [5.41, 5.74) is 0. The summed E-state index contributed by atoms with van der Waals surface area (Å²) in [6.45, 7) is 5.27. The standard InChI is InChI=1S/C12H21NO5/c1-6(2)8(12(16-4)17-5)9-10(15)13-11(9)18-7(3)14/h6,8-9,11-12H,1-5H3,(H,13,15)/t8-,9+,11?/m1/s1. The van der Waals surface area contributed by atoms with Gasteiger partial charge in [-0.25, -0.2) is 0 Å². The van der Waals surface area contributed by atoms with Crippen molar-refractivity contribution in [2.45, 2.75) is 33.3 Å². The summed E-state index contributed by atoms with van der Waals surface area (Å²) in [7, 11) is 3.06. The first-order valence-corrected chi connectivity index (χ1v) is 5.95. The van der Waals surface area contributed by atoms with Gasteiger partial charge in [0.15, 0.2) is 12.5 Å². The van der Waals surface area contributed by atoms with E-state index in [2.05, 4.69) is 5.32 Å². The first-order valence-electron chi connectivity index (χ1n) is 5.95. The van der Waals surface area contributed by atoms with Gasteiger partial charge in [-0.2, -0.15) is 0 Å². The van der Waals surface area contributed by atoms with Crippen LogP contribution in [0.3, 0.4) is 0 Å². The van der Waals surface area contributed by atoms with Gasteiger partial charge in [0.2, 0.25) is 5.91 Å². The van der Waals surface area contributed by atoms with Gasteiger partial charge in [0.05, 0.1) is 0 Å². The summed E-state index contributed by atoms with van der Waals surface area (Å²) >= 11 is 0. The number of carbonyl (C=O) groups is 2. The molecule has 1 amide bonds. The molecule has 18 heavy (non-hydrogen) atoms. The molecule has 1 heterocycles. The molecule has 0 aromatic rings. The minimum atomic E-state index is -0.588. The van der Waals surface area contributed by atoms with Gasteiger partial charge in [0.1, 0.15) is 5.92 Å². The van der Waals surface area contributed by atoms with Crippen LogP contribution in [0.2, 0.25) is 0 Å². The summed E-state index contributed by atoms with van der Waals surface area (Å²) in [5.74, 6) is -1.00. The molecule has 0 aromatic carbocycles. The van der Waals surface area contributed by atoms with Crippen LogP contribution in [0.15, 0.2) is 0 Å². The molecule has 0 bridgehead atoms. The topological polar surface area (TPSA) is 73.9 Å². The molecule has 3 atom stereocenters. The second-order valence-electron chi connectivity index (χ2n) is 4.73. The number of carbonyl (C=O) groups excluding carboxylic acids is 2. The predicted octanol–water partition coefficient (Wildman–Crippen LogP) is 0.513. The fraction of sp³-hybridized carbons (Fsp3) is 0.833. The van der Waals surface area contributed by atoms with Crippen molar-refractivity contribution in [2.24, 2.45) is 17.8 Å². The van der Waals surface area contributed by atoms with Crippen LogP contribution in [0.5, 0.6) is 0 Å². The van der Waals surface area contributed by atoms with E-state index in [0.29, 0.717) is 0 Å².